The minimum Gasteiger partial charge on any atom is -0.477 e. The van der Waals surface area contributed by atoms with E-state index in [1.54, 1.807) is 12.3 Å². The molecule has 1 amide bonds. The lowest BCUT2D eigenvalue weighted by Gasteiger charge is -2.08. The molecule has 0 aliphatic heterocycles. The van der Waals surface area contributed by atoms with E-state index in [9.17, 15) is 9.59 Å². The highest BCUT2D eigenvalue weighted by molar-refractivity contribution is 5.86. The van der Waals surface area contributed by atoms with Gasteiger partial charge in [0.2, 0.25) is 5.91 Å². The Morgan fingerprint density at radius 1 is 1.45 bits per heavy atom. The zero-order chi connectivity index (χ0) is 14.4. The number of amides is 1. The number of carboxylic acid groups (broad SMARTS) is 1. The minimum atomic E-state index is -1.03. The van der Waals surface area contributed by atoms with Gasteiger partial charge in [-0.2, -0.15) is 0 Å². The van der Waals surface area contributed by atoms with E-state index in [0.717, 1.165) is 18.9 Å². The van der Waals surface area contributed by atoms with E-state index in [1.165, 1.54) is 23.5 Å². The number of carboxylic acids is 1. The number of aromatic carboxylic acids is 1. The monoisotopic (exact) mass is 280 g/mol. The predicted octanol–water partition coefficient (Wildman–Crippen LogP) is 1.12. The van der Waals surface area contributed by atoms with Crippen LogP contribution in [0.15, 0.2) is 18.3 Å². The lowest BCUT2D eigenvalue weighted by molar-refractivity contribution is -0.121. The number of carbonyl (C=O) groups excluding carboxylic acids is 1. The van der Waals surface area contributed by atoms with Crippen LogP contribution >= 0.6 is 0 Å². The van der Waals surface area contributed by atoms with E-state index in [-0.39, 0.29) is 18.1 Å². The summed E-state index contributed by atoms with van der Waals surface area (Å²) in [6.07, 6.45) is 4.91. The van der Waals surface area contributed by atoms with Crippen molar-refractivity contribution in [2.45, 2.75) is 25.8 Å². The fourth-order valence-electron chi connectivity index (χ4n) is 1.89. The van der Waals surface area contributed by atoms with Crippen LogP contribution in [0.3, 0.4) is 0 Å². The molecule has 1 heterocycles. The Morgan fingerprint density at radius 3 is 2.95 bits per heavy atom. The van der Waals surface area contributed by atoms with Crippen molar-refractivity contribution in [3.63, 3.8) is 0 Å². The maximum Gasteiger partial charge on any atom is 0.352 e. The first-order chi connectivity index (χ1) is 9.66. The Morgan fingerprint density at radius 2 is 2.25 bits per heavy atom. The zero-order valence-electron chi connectivity index (χ0n) is 11.4. The van der Waals surface area contributed by atoms with Crippen LogP contribution in [0.1, 0.15) is 29.8 Å². The quantitative estimate of drug-likeness (QED) is 0.664. The molecule has 0 atom stereocenters. The molecule has 1 aliphatic carbocycles. The minimum absolute atomic E-state index is 0.0254. The van der Waals surface area contributed by atoms with E-state index >= 15 is 0 Å². The van der Waals surface area contributed by atoms with Gasteiger partial charge in [0.05, 0.1) is 0 Å². The summed E-state index contributed by atoms with van der Waals surface area (Å²) in [5.74, 6) is -0.463. The summed E-state index contributed by atoms with van der Waals surface area (Å²) in [7, 11) is 0. The topological polar surface area (TPSA) is 80.6 Å². The van der Waals surface area contributed by atoms with E-state index < -0.39 is 5.97 Å². The second-order valence-electron chi connectivity index (χ2n) is 5.05. The molecular weight excluding hydrogens is 260 g/mol. The number of ether oxygens (including phenoxy) is 1. The summed E-state index contributed by atoms with van der Waals surface area (Å²) in [5.41, 5.74) is 0.118. The third kappa shape index (κ3) is 4.70. The van der Waals surface area contributed by atoms with Gasteiger partial charge in [-0.25, -0.2) is 4.79 Å². The van der Waals surface area contributed by atoms with Gasteiger partial charge in [-0.1, -0.05) is 0 Å². The molecule has 0 saturated heterocycles. The smallest absolute Gasteiger partial charge is 0.352 e. The second kappa shape index (κ2) is 7.09. The second-order valence-corrected chi connectivity index (χ2v) is 5.05. The van der Waals surface area contributed by atoms with Crippen LogP contribution in [0, 0.1) is 5.92 Å². The summed E-state index contributed by atoms with van der Waals surface area (Å²) in [5, 5.41) is 11.7. The van der Waals surface area contributed by atoms with E-state index in [2.05, 4.69) is 5.32 Å². The molecular formula is C14H20N2O4. The first-order valence-electron chi connectivity index (χ1n) is 6.89. The maximum absolute atomic E-state index is 11.7. The van der Waals surface area contributed by atoms with E-state index in [4.69, 9.17) is 9.84 Å². The highest BCUT2D eigenvalue weighted by Gasteiger charge is 2.20. The van der Waals surface area contributed by atoms with Gasteiger partial charge < -0.3 is 19.7 Å². The predicted molar refractivity (Wildman–Crippen MR) is 72.6 cm³/mol. The van der Waals surface area contributed by atoms with Crippen molar-refractivity contribution in [3.05, 3.63) is 24.0 Å². The van der Waals surface area contributed by atoms with Crippen molar-refractivity contribution < 1.29 is 19.4 Å². The molecule has 0 unspecified atom stereocenters. The highest BCUT2D eigenvalue weighted by Crippen LogP contribution is 2.28. The Balaban J connectivity index is 1.59. The van der Waals surface area contributed by atoms with Gasteiger partial charge in [0.1, 0.15) is 12.2 Å². The summed E-state index contributed by atoms with van der Waals surface area (Å²) in [4.78, 5) is 22.6. The number of hydrogen-bond donors (Lipinski definition) is 2. The fraction of sp³-hybridized carbons (Fsp3) is 0.571. The summed E-state index contributed by atoms with van der Waals surface area (Å²) in [6, 6.07) is 3.09. The van der Waals surface area contributed by atoms with Crippen molar-refractivity contribution in [2.75, 3.05) is 19.8 Å². The summed E-state index contributed by atoms with van der Waals surface area (Å²) >= 11 is 0. The fourth-order valence-corrected chi connectivity index (χ4v) is 1.89. The van der Waals surface area contributed by atoms with Crippen LogP contribution in [0.2, 0.25) is 0 Å². The Labute approximate surface area is 117 Å². The van der Waals surface area contributed by atoms with Crippen molar-refractivity contribution in [1.82, 2.24) is 9.88 Å². The van der Waals surface area contributed by atoms with Gasteiger partial charge in [0.25, 0.3) is 0 Å². The first-order valence-corrected chi connectivity index (χ1v) is 6.89. The molecule has 20 heavy (non-hydrogen) atoms. The highest BCUT2D eigenvalue weighted by atomic mass is 16.5. The van der Waals surface area contributed by atoms with Crippen molar-refractivity contribution in [3.8, 4) is 0 Å². The molecule has 0 bridgehead atoms. The molecule has 0 radical (unpaired) electrons. The molecule has 110 valence electrons. The van der Waals surface area contributed by atoms with Crippen LogP contribution in [0.5, 0.6) is 0 Å². The molecule has 1 aromatic heterocycles. The average Bonchev–Trinajstić information content (AvgIpc) is 3.11. The van der Waals surface area contributed by atoms with Gasteiger partial charge in [0, 0.05) is 26.0 Å². The molecule has 0 spiro atoms. The third-order valence-electron chi connectivity index (χ3n) is 3.20. The molecule has 1 aromatic rings. The van der Waals surface area contributed by atoms with Gasteiger partial charge >= 0.3 is 5.97 Å². The SMILES string of the molecule is O=C(Cn1cccc1C(=O)O)NCCCOCC1CC1. The maximum atomic E-state index is 11.7. The number of hydrogen-bond acceptors (Lipinski definition) is 3. The molecule has 1 fully saturated rings. The molecule has 0 aromatic carbocycles. The molecule has 6 nitrogen and oxygen atoms in total. The summed E-state index contributed by atoms with van der Waals surface area (Å²) < 4.78 is 6.88. The van der Waals surface area contributed by atoms with Crippen molar-refractivity contribution >= 4 is 11.9 Å². The largest absolute Gasteiger partial charge is 0.477 e. The molecule has 1 saturated carbocycles. The van der Waals surface area contributed by atoms with Crippen molar-refractivity contribution in [1.29, 1.82) is 0 Å². The average molecular weight is 280 g/mol. The molecule has 2 rings (SSSR count). The number of carbonyl (C=O) groups is 2. The number of rotatable bonds is 9. The first kappa shape index (κ1) is 14.6. The van der Waals surface area contributed by atoms with Crippen LogP contribution in [-0.4, -0.2) is 41.3 Å². The molecule has 6 heteroatoms. The molecule has 1 aliphatic rings. The molecule has 2 N–H and O–H groups in total. The van der Waals surface area contributed by atoms with Gasteiger partial charge in [-0.05, 0) is 37.3 Å². The Hall–Kier alpha value is -1.82. The normalized spacial score (nSPS) is 14.2. The Kier molecular flexibility index (Phi) is 5.17. The summed E-state index contributed by atoms with van der Waals surface area (Å²) in [6.45, 7) is 2.06. The third-order valence-corrected chi connectivity index (χ3v) is 3.20. The van der Waals surface area contributed by atoms with Crippen LogP contribution in [0.4, 0.5) is 0 Å². The number of nitrogens with one attached hydrogen (secondary N) is 1. The lowest BCUT2D eigenvalue weighted by Crippen LogP contribution is -2.29. The zero-order valence-corrected chi connectivity index (χ0v) is 11.4. The standard InChI is InChI=1S/C14H20N2O4/c17-13(9-16-7-1-3-12(16)14(18)19)15-6-2-8-20-10-11-4-5-11/h1,3,7,11H,2,4-6,8-10H2,(H,15,17)(H,18,19). The van der Waals surface area contributed by atoms with Crippen molar-refractivity contribution in [2.24, 2.45) is 5.92 Å². The van der Waals surface area contributed by atoms with Crippen LogP contribution in [-0.2, 0) is 16.1 Å². The van der Waals surface area contributed by atoms with E-state index in [0.29, 0.717) is 13.2 Å². The van der Waals surface area contributed by atoms with E-state index in [1.807, 2.05) is 0 Å². The Bertz CT molecular complexity index is 465. The van der Waals surface area contributed by atoms with Crippen LogP contribution in [0.25, 0.3) is 0 Å². The van der Waals surface area contributed by atoms with Gasteiger partial charge in [-0.3, -0.25) is 4.79 Å². The van der Waals surface area contributed by atoms with Gasteiger partial charge in [0.15, 0.2) is 0 Å². The number of nitrogens with zero attached hydrogens (tertiary/aromatic N) is 1. The van der Waals surface area contributed by atoms with Gasteiger partial charge in [-0.15, -0.1) is 0 Å². The number of aromatic nitrogens is 1. The lowest BCUT2D eigenvalue weighted by atomic mass is 10.4. The van der Waals surface area contributed by atoms with Crippen LogP contribution < -0.4 is 5.32 Å².